The average Bonchev–Trinajstić information content (AvgIpc) is 3.14. The molecule has 3 aliphatic rings. The highest BCUT2D eigenvalue weighted by Crippen LogP contribution is 2.45. The van der Waals surface area contributed by atoms with Crippen molar-refractivity contribution in [3.8, 4) is 17.2 Å². The molecule has 0 aromatic heterocycles. The van der Waals surface area contributed by atoms with E-state index >= 15 is 0 Å². The molecule has 2 aromatic carbocycles. The number of ether oxygens (including phenoxy) is 3. The van der Waals surface area contributed by atoms with Gasteiger partial charge in [0.25, 0.3) is 0 Å². The molecule has 2 aliphatic heterocycles. The number of hydrogen-bond acceptors (Lipinski definition) is 6. The van der Waals surface area contributed by atoms with E-state index in [1.807, 2.05) is 24.3 Å². The Kier molecular flexibility index (Phi) is 6.13. The number of alkyl carbamates (subject to hydrolysis) is 1. The Labute approximate surface area is 211 Å². The SMILES string of the molecule is CC(C)(C)OC(=O)NC1(C#N)CC2COCC(C1)N2C(=O)OCC1c2ccccc2-c2ccccc21. The third kappa shape index (κ3) is 4.51. The zero-order valence-electron chi connectivity index (χ0n) is 20.8. The summed E-state index contributed by atoms with van der Waals surface area (Å²) in [5.41, 5.74) is 2.83. The minimum atomic E-state index is -1.14. The lowest BCUT2D eigenvalue weighted by atomic mass is 9.79. The first-order valence-corrected chi connectivity index (χ1v) is 12.3. The van der Waals surface area contributed by atoms with Crippen molar-refractivity contribution >= 4 is 12.2 Å². The van der Waals surface area contributed by atoms with Gasteiger partial charge in [-0.1, -0.05) is 48.5 Å². The molecule has 8 nitrogen and oxygen atoms in total. The molecule has 2 saturated heterocycles. The van der Waals surface area contributed by atoms with Gasteiger partial charge in [-0.15, -0.1) is 0 Å². The van der Waals surface area contributed by atoms with Crippen molar-refractivity contribution in [2.24, 2.45) is 0 Å². The second kappa shape index (κ2) is 9.14. The molecule has 0 saturated carbocycles. The molecule has 1 aliphatic carbocycles. The quantitative estimate of drug-likeness (QED) is 0.677. The first-order valence-electron chi connectivity index (χ1n) is 12.3. The fourth-order valence-corrected chi connectivity index (χ4v) is 5.69. The number of carbonyl (C=O) groups is 2. The van der Waals surface area contributed by atoms with Crippen molar-refractivity contribution in [3.05, 3.63) is 59.7 Å². The van der Waals surface area contributed by atoms with Crippen molar-refractivity contribution in [1.82, 2.24) is 10.2 Å². The largest absolute Gasteiger partial charge is 0.448 e. The van der Waals surface area contributed by atoms with Crippen LogP contribution in [0.5, 0.6) is 0 Å². The predicted octanol–water partition coefficient (Wildman–Crippen LogP) is 4.59. The van der Waals surface area contributed by atoms with E-state index in [2.05, 4.69) is 35.7 Å². The van der Waals surface area contributed by atoms with Gasteiger partial charge in [0.1, 0.15) is 17.7 Å². The number of carbonyl (C=O) groups excluding carboxylic acids is 2. The van der Waals surface area contributed by atoms with Crippen LogP contribution >= 0.6 is 0 Å². The highest BCUT2D eigenvalue weighted by atomic mass is 16.6. The predicted molar refractivity (Wildman–Crippen MR) is 132 cm³/mol. The molecule has 0 radical (unpaired) electrons. The lowest BCUT2D eigenvalue weighted by Gasteiger charge is -2.50. The van der Waals surface area contributed by atoms with Gasteiger partial charge in [-0.05, 0) is 43.0 Å². The topological polar surface area (TPSA) is 101 Å². The lowest BCUT2D eigenvalue weighted by molar-refractivity contribution is -0.0811. The van der Waals surface area contributed by atoms with Gasteiger partial charge in [-0.2, -0.15) is 5.26 Å². The number of piperidine rings is 1. The fourth-order valence-electron chi connectivity index (χ4n) is 5.69. The van der Waals surface area contributed by atoms with Crippen LogP contribution in [0.1, 0.15) is 50.7 Å². The van der Waals surface area contributed by atoms with Gasteiger partial charge in [-0.3, -0.25) is 4.90 Å². The molecular formula is C28H31N3O5. The van der Waals surface area contributed by atoms with Crippen molar-refractivity contribution in [2.45, 2.75) is 62.8 Å². The molecule has 36 heavy (non-hydrogen) atoms. The van der Waals surface area contributed by atoms with Crippen LogP contribution in [-0.2, 0) is 14.2 Å². The number of nitrogens with one attached hydrogen (secondary N) is 1. The molecule has 2 atom stereocenters. The van der Waals surface area contributed by atoms with Crippen LogP contribution in [-0.4, -0.2) is 60.1 Å². The molecule has 1 N–H and O–H groups in total. The van der Waals surface area contributed by atoms with E-state index in [0.29, 0.717) is 0 Å². The number of rotatable bonds is 3. The highest BCUT2D eigenvalue weighted by Gasteiger charge is 2.51. The van der Waals surface area contributed by atoms with Crippen molar-refractivity contribution in [1.29, 1.82) is 5.26 Å². The second-order valence-corrected chi connectivity index (χ2v) is 10.8. The number of benzene rings is 2. The Bertz CT molecular complexity index is 1150. The summed E-state index contributed by atoms with van der Waals surface area (Å²) in [6.45, 7) is 6.10. The summed E-state index contributed by atoms with van der Waals surface area (Å²) in [4.78, 5) is 27.5. The molecule has 2 amide bonds. The van der Waals surface area contributed by atoms with Crippen LogP contribution in [0.25, 0.3) is 11.1 Å². The van der Waals surface area contributed by atoms with Gasteiger partial charge in [0.2, 0.25) is 0 Å². The van der Waals surface area contributed by atoms with Crippen LogP contribution in [0.2, 0.25) is 0 Å². The summed E-state index contributed by atoms with van der Waals surface area (Å²) in [6, 6.07) is 17.9. The average molecular weight is 490 g/mol. The van der Waals surface area contributed by atoms with Gasteiger partial charge in [0.05, 0.1) is 31.4 Å². The Hall–Kier alpha value is -3.57. The van der Waals surface area contributed by atoms with Gasteiger partial charge < -0.3 is 19.5 Å². The maximum atomic E-state index is 13.4. The Morgan fingerprint density at radius 2 is 1.61 bits per heavy atom. The molecule has 2 heterocycles. The summed E-state index contributed by atoms with van der Waals surface area (Å²) in [5, 5.41) is 12.8. The van der Waals surface area contributed by atoms with Gasteiger partial charge >= 0.3 is 12.2 Å². The number of nitrogens with zero attached hydrogens (tertiary/aromatic N) is 2. The molecule has 2 fully saturated rings. The van der Waals surface area contributed by atoms with Crippen molar-refractivity contribution in [2.75, 3.05) is 19.8 Å². The molecule has 2 bridgehead atoms. The lowest BCUT2D eigenvalue weighted by Crippen LogP contribution is -2.67. The van der Waals surface area contributed by atoms with E-state index in [4.69, 9.17) is 14.2 Å². The molecule has 188 valence electrons. The van der Waals surface area contributed by atoms with Crippen molar-refractivity contribution in [3.63, 3.8) is 0 Å². The maximum Gasteiger partial charge on any atom is 0.410 e. The summed E-state index contributed by atoms with van der Waals surface area (Å²) in [7, 11) is 0. The van der Waals surface area contributed by atoms with E-state index in [9.17, 15) is 14.9 Å². The van der Waals surface area contributed by atoms with E-state index in [1.165, 1.54) is 11.1 Å². The number of morpholine rings is 1. The zero-order chi connectivity index (χ0) is 25.5. The smallest absolute Gasteiger partial charge is 0.410 e. The summed E-state index contributed by atoms with van der Waals surface area (Å²) in [6.07, 6.45) is -0.580. The minimum absolute atomic E-state index is 0.0331. The van der Waals surface area contributed by atoms with Crippen LogP contribution in [0.4, 0.5) is 9.59 Å². The monoisotopic (exact) mass is 489 g/mol. The highest BCUT2D eigenvalue weighted by molar-refractivity contribution is 5.79. The maximum absolute atomic E-state index is 13.4. The second-order valence-electron chi connectivity index (χ2n) is 10.8. The normalized spacial score (nSPS) is 24.8. The first kappa shape index (κ1) is 24.1. The van der Waals surface area contributed by atoms with Crippen LogP contribution in [0, 0.1) is 11.3 Å². The number of amides is 2. The summed E-state index contributed by atoms with van der Waals surface area (Å²) >= 11 is 0. The van der Waals surface area contributed by atoms with E-state index in [1.54, 1.807) is 25.7 Å². The number of nitriles is 1. The Morgan fingerprint density at radius 1 is 1.06 bits per heavy atom. The zero-order valence-corrected chi connectivity index (χ0v) is 20.8. The van der Waals surface area contributed by atoms with Gasteiger partial charge in [0.15, 0.2) is 0 Å². The molecule has 8 heteroatoms. The number of hydrogen-bond donors (Lipinski definition) is 1. The molecule has 5 rings (SSSR count). The first-order chi connectivity index (χ1) is 17.2. The minimum Gasteiger partial charge on any atom is -0.448 e. The van der Waals surface area contributed by atoms with Gasteiger partial charge in [-0.25, -0.2) is 9.59 Å². The molecule has 0 spiro atoms. The summed E-state index contributed by atoms with van der Waals surface area (Å²) < 4.78 is 17.0. The third-order valence-electron chi connectivity index (χ3n) is 7.08. The molecule has 2 unspecified atom stereocenters. The van der Waals surface area contributed by atoms with E-state index in [-0.39, 0.29) is 50.7 Å². The van der Waals surface area contributed by atoms with Gasteiger partial charge in [0, 0.05) is 18.8 Å². The summed E-state index contributed by atoms with van der Waals surface area (Å²) in [5.74, 6) is -0.0331. The van der Waals surface area contributed by atoms with E-state index in [0.717, 1.165) is 11.1 Å². The number of fused-ring (bicyclic) bond motifs is 5. The third-order valence-corrected chi connectivity index (χ3v) is 7.08. The Balaban J connectivity index is 1.29. The standard InChI is InChI=1S/C28H31N3O5/c1-27(2,3)36-25(32)30-28(17-29)12-18-14-34-15-19(13-28)31(18)26(33)35-16-24-22-10-6-4-8-20(22)21-9-5-7-11-23(21)24/h4-11,18-19,24H,12-16H2,1-3H3,(H,30,32). The molecule has 2 aromatic rings. The van der Waals surface area contributed by atoms with Crippen LogP contribution in [0.3, 0.4) is 0 Å². The van der Waals surface area contributed by atoms with Crippen LogP contribution in [0.15, 0.2) is 48.5 Å². The molecular weight excluding hydrogens is 458 g/mol. The van der Waals surface area contributed by atoms with Crippen molar-refractivity contribution < 1.29 is 23.8 Å². The van der Waals surface area contributed by atoms with E-state index < -0.39 is 23.3 Å². The fraction of sp³-hybridized carbons (Fsp3) is 0.464. The Morgan fingerprint density at radius 3 is 2.14 bits per heavy atom. The van der Waals surface area contributed by atoms with Crippen LogP contribution < -0.4 is 5.32 Å².